The van der Waals surface area contributed by atoms with Crippen LogP contribution >= 0.6 is 0 Å². The molecular formula is C23H19NO2. The third-order valence-corrected chi connectivity index (χ3v) is 4.44. The number of amides is 1. The summed E-state index contributed by atoms with van der Waals surface area (Å²) >= 11 is 0. The minimum absolute atomic E-state index is 0.148. The topological polar surface area (TPSA) is 29.5 Å². The first-order valence-corrected chi connectivity index (χ1v) is 8.66. The first kappa shape index (κ1) is 16.3. The van der Waals surface area contributed by atoms with Gasteiger partial charge >= 0.3 is 0 Å². The molecule has 26 heavy (non-hydrogen) atoms. The lowest BCUT2D eigenvalue weighted by molar-refractivity contribution is -0.175. The highest BCUT2D eigenvalue weighted by Gasteiger charge is 2.31. The van der Waals surface area contributed by atoms with Crippen LogP contribution in [0.2, 0.25) is 0 Å². The van der Waals surface area contributed by atoms with Gasteiger partial charge in [-0.3, -0.25) is 9.63 Å². The van der Waals surface area contributed by atoms with Gasteiger partial charge in [0, 0.05) is 5.56 Å². The molecular weight excluding hydrogens is 322 g/mol. The Bertz CT molecular complexity index is 891. The lowest BCUT2D eigenvalue weighted by Gasteiger charge is -2.35. The van der Waals surface area contributed by atoms with Crippen LogP contribution in [0.15, 0.2) is 103 Å². The van der Waals surface area contributed by atoms with Crippen molar-refractivity contribution in [2.24, 2.45) is 0 Å². The first-order chi connectivity index (χ1) is 12.8. The van der Waals surface area contributed by atoms with E-state index in [0.29, 0.717) is 5.56 Å². The second kappa shape index (κ2) is 7.38. The highest BCUT2D eigenvalue weighted by atomic mass is 16.7. The average molecular weight is 341 g/mol. The number of nitrogens with zero attached hydrogens (tertiary/aromatic N) is 1. The average Bonchev–Trinajstić information content (AvgIpc) is 2.75. The van der Waals surface area contributed by atoms with Gasteiger partial charge in [-0.1, -0.05) is 91.0 Å². The van der Waals surface area contributed by atoms with Gasteiger partial charge in [0.15, 0.2) is 0 Å². The molecule has 0 radical (unpaired) electrons. The summed E-state index contributed by atoms with van der Waals surface area (Å²) in [5, 5.41) is 1.49. The van der Waals surface area contributed by atoms with Gasteiger partial charge in [-0.15, -0.1) is 0 Å². The van der Waals surface area contributed by atoms with Crippen LogP contribution < -0.4 is 0 Å². The lowest BCUT2D eigenvalue weighted by Crippen LogP contribution is -2.37. The summed E-state index contributed by atoms with van der Waals surface area (Å²) in [4.78, 5) is 19.3. The third kappa shape index (κ3) is 3.30. The zero-order valence-corrected chi connectivity index (χ0v) is 14.2. The maximum absolute atomic E-state index is 13.1. The van der Waals surface area contributed by atoms with Gasteiger partial charge in [-0.05, 0) is 23.3 Å². The fourth-order valence-electron chi connectivity index (χ4n) is 3.10. The Labute approximate surface area is 153 Å². The Morgan fingerprint density at radius 2 is 1.23 bits per heavy atom. The van der Waals surface area contributed by atoms with Crippen molar-refractivity contribution in [3.8, 4) is 0 Å². The molecule has 2 atom stereocenters. The molecule has 3 aromatic rings. The van der Waals surface area contributed by atoms with Gasteiger partial charge in [0.05, 0.1) is 0 Å². The predicted octanol–water partition coefficient (Wildman–Crippen LogP) is 5.11. The van der Waals surface area contributed by atoms with Crippen LogP contribution in [0, 0.1) is 0 Å². The van der Waals surface area contributed by atoms with Gasteiger partial charge in [0.2, 0.25) is 0 Å². The molecule has 1 aliphatic heterocycles. The van der Waals surface area contributed by atoms with E-state index in [1.54, 1.807) is 0 Å². The van der Waals surface area contributed by atoms with Crippen LogP contribution in [-0.2, 0) is 4.84 Å². The monoisotopic (exact) mass is 341 g/mol. The molecule has 1 aliphatic rings. The summed E-state index contributed by atoms with van der Waals surface area (Å²) in [7, 11) is 0. The third-order valence-electron chi connectivity index (χ3n) is 4.44. The van der Waals surface area contributed by atoms with Gasteiger partial charge in [-0.25, -0.2) is 5.06 Å². The molecule has 4 rings (SSSR count). The maximum Gasteiger partial charge on any atom is 0.278 e. The van der Waals surface area contributed by atoms with Crippen molar-refractivity contribution in [1.82, 2.24) is 5.06 Å². The van der Waals surface area contributed by atoms with Crippen molar-refractivity contribution in [3.63, 3.8) is 0 Å². The quantitative estimate of drug-likeness (QED) is 0.619. The largest absolute Gasteiger partial charge is 0.278 e. The van der Waals surface area contributed by atoms with Crippen LogP contribution in [0.25, 0.3) is 0 Å². The van der Waals surface area contributed by atoms with Crippen LogP contribution in [0.1, 0.15) is 33.6 Å². The number of hydrogen-bond acceptors (Lipinski definition) is 2. The Morgan fingerprint density at radius 1 is 0.692 bits per heavy atom. The Kier molecular flexibility index (Phi) is 4.63. The molecule has 0 aliphatic carbocycles. The summed E-state index contributed by atoms with van der Waals surface area (Å²) in [5.41, 5.74) is 2.64. The number of hydrogen-bond donors (Lipinski definition) is 0. The summed E-state index contributed by atoms with van der Waals surface area (Å²) in [6, 6.07) is 28.8. The molecule has 0 saturated heterocycles. The number of carbonyl (C=O) groups excluding carboxylic acids is 1. The molecule has 0 saturated carbocycles. The van der Waals surface area contributed by atoms with Gasteiger partial charge in [0.1, 0.15) is 12.1 Å². The van der Waals surface area contributed by atoms with Crippen molar-refractivity contribution < 1.29 is 9.63 Å². The summed E-state index contributed by atoms with van der Waals surface area (Å²) in [6.45, 7) is 0. The van der Waals surface area contributed by atoms with Gasteiger partial charge in [0.25, 0.3) is 5.91 Å². The van der Waals surface area contributed by atoms with E-state index in [-0.39, 0.29) is 18.1 Å². The van der Waals surface area contributed by atoms with E-state index in [1.165, 1.54) is 5.06 Å². The van der Waals surface area contributed by atoms with E-state index in [1.807, 2.05) is 103 Å². The molecule has 0 fully saturated rings. The minimum Gasteiger partial charge on any atom is -0.267 e. The smallest absolute Gasteiger partial charge is 0.267 e. The van der Waals surface area contributed by atoms with Crippen molar-refractivity contribution in [2.75, 3.05) is 0 Å². The van der Waals surface area contributed by atoms with Crippen LogP contribution in [-0.4, -0.2) is 11.0 Å². The number of rotatable bonds is 3. The Balaban J connectivity index is 1.71. The molecule has 0 N–H and O–H groups in total. The first-order valence-electron chi connectivity index (χ1n) is 8.66. The molecule has 128 valence electrons. The van der Waals surface area contributed by atoms with E-state index in [4.69, 9.17) is 4.84 Å². The number of carbonyl (C=O) groups is 1. The summed E-state index contributed by atoms with van der Waals surface area (Å²) in [6.07, 6.45) is 3.77. The molecule has 1 heterocycles. The summed E-state index contributed by atoms with van der Waals surface area (Å²) in [5.74, 6) is -0.148. The van der Waals surface area contributed by atoms with Crippen LogP contribution in [0.5, 0.6) is 0 Å². The Hall–Kier alpha value is -3.17. The molecule has 0 aromatic heterocycles. The van der Waals surface area contributed by atoms with Crippen molar-refractivity contribution >= 4 is 5.91 Å². The second-order valence-electron chi connectivity index (χ2n) is 6.17. The SMILES string of the molecule is O=C(c1ccccc1)N1O[C@@H](c2ccccc2)C=C[C@H]1c1ccccc1. The maximum atomic E-state index is 13.1. The van der Waals surface area contributed by atoms with E-state index in [9.17, 15) is 4.79 Å². The summed E-state index contributed by atoms with van der Waals surface area (Å²) < 4.78 is 0. The van der Waals surface area contributed by atoms with Gasteiger partial charge in [-0.2, -0.15) is 0 Å². The molecule has 0 spiro atoms. The van der Waals surface area contributed by atoms with Crippen molar-refractivity contribution in [3.05, 3.63) is 120 Å². The number of hydroxylamine groups is 2. The molecule has 3 heteroatoms. The fraction of sp³-hybridized carbons (Fsp3) is 0.0870. The minimum atomic E-state index is -0.288. The van der Waals surface area contributed by atoms with E-state index < -0.39 is 0 Å². The number of benzene rings is 3. The van der Waals surface area contributed by atoms with E-state index in [0.717, 1.165) is 11.1 Å². The fourth-order valence-corrected chi connectivity index (χ4v) is 3.10. The standard InChI is InChI=1S/C23H19NO2/c25-23(20-14-8-3-9-15-20)24-21(18-10-4-1-5-11-18)16-17-22(26-24)19-12-6-2-7-13-19/h1-17,21-22H/t21-,22+/m0/s1. The molecule has 3 nitrogen and oxygen atoms in total. The highest BCUT2D eigenvalue weighted by Crippen LogP contribution is 2.34. The Morgan fingerprint density at radius 3 is 1.85 bits per heavy atom. The van der Waals surface area contributed by atoms with Gasteiger partial charge < -0.3 is 0 Å². The zero-order chi connectivity index (χ0) is 17.8. The van der Waals surface area contributed by atoms with Crippen molar-refractivity contribution in [2.45, 2.75) is 12.1 Å². The van der Waals surface area contributed by atoms with E-state index >= 15 is 0 Å². The van der Waals surface area contributed by atoms with Crippen LogP contribution in [0.3, 0.4) is 0 Å². The van der Waals surface area contributed by atoms with E-state index in [2.05, 4.69) is 0 Å². The normalized spacial score (nSPS) is 19.3. The highest BCUT2D eigenvalue weighted by molar-refractivity contribution is 5.94. The molecule has 1 amide bonds. The zero-order valence-electron chi connectivity index (χ0n) is 14.2. The molecule has 0 unspecified atom stereocenters. The van der Waals surface area contributed by atoms with Crippen molar-refractivity contribution in [1.29, 1.82) is 0 Å². The predicted molar refractivity (Wildman–Crippen MR) is 101 cm³/mol. The molecule has 0 bridgehead atoms. The van der Waals surface area contributed by atoms with Crippen LogP contribution in [0.4, 0.5) is 0 Å². The molecule has 3 aromatic carbocycles. The lowest BCUT2D eigenvalue weighted by atomic mass is 10.0. The second-order valence-corrected chi connectivity index (χ2v) is 6.17.